The number of thioether (sulfide) groups is 1. The van der Waals surface area contributed by atoms with E-state index >= 15 is 0 Å². The Morgan fingerprint density at radius 1 is 1.09 bits per heavy atom. The summed E-state index contributed by atoms with van der Waals surface area (Å²) >= 11 is 1.09. The van der Waals surface area contributed by atoms with E-state index in [0.29, 0.717) is 27.7 Å². The van der Waals surface area contributed by atoms with E-state index in [1.807, 2.05) is 18.2 Å². The molecular formula is C26H21FN4O3S. The number of anilines is 2. The van der Waals surface area contributed by atoms with Gasteiger partial charge in [-0.1, -0.05) is 42.1 Å². The van der Waals surface area contributed by atoms with Gasteiger partial charge in [0.1, 0.15) is 11.6 Å². The first-order valence-corrected chi connectivity index (χ1v) is 11.7. The van der Waals surface area contributed by atoms with Crippen molar-refractivity contribution in [3.8, 4) is 6.07 Å². The predicted molar refractivity (Wildman–Crippen MR) is 132 cm³/mol. The van der Waals surface area contributed by atoms with Gasteiger partial charge in [0.2, 0.25) is 5.91 Å². The molecule has 1 aliphatic rings. The zero-order valence-electron chi connectivity index (χ0n) is 18.7. The maximum atomic E-state index is 13.9. The highest BCUT2D eigenvalue weighted by atomic mass is 32.2. The van der Waals surface area contributed by atoms with Crippen LogP contribution in [-0.2, 0) is 9.59 Å². The third kappa shape index (κ3) is 5.45. The minimum Gasteiger partial charge on any atom is -0.468 e. The van der Waals surface area contributed by atoms with E-state index < -0.39 is 17.6 Å². The molecule has 2 amide bonds. The summed E-state index contributed by atoms with van der Waals surface area (Å²) in [6.45, 7) is 1.73. The lowest BCUT2D eigenvalue weighted by Gasteiger charge is -2.28. The molecule has 1 unspecified atom stereocenters. The van der Waals surface area contributed by atoms with E-state index in [4.69, 9.17) is 4.42 Å². The van der Waals surface area contributed by atoms with Gasteiger partial charge in [-0.3, -0.25) is 9.59 Å². The highest BCUT2D eigenvalue weighted by Crippen LogP contribution is 2.41. The van der Waals surface area contributed by atoms with Crippen LogP contribution >= 0.6 is 11.8 Å². The van der Waals surface area contributed by atoms with Gasteiger partial charge in [-0.2, -0.15) is 5.26 Å². The Kier molecular flexibility index (Phi) is 7.33. The summed E-state index contributed by atoms with van der Waals surface area (Å²) in [6.07, 6.45) is 1.48. The van der Waals surface area contributed by atoms with Gasteiger partial charge in [0.05, 0.1) is 45.9 Å². The normalized spacial score (nSPS) is 15.3. The summed E-state index contributed by atoms with van der Waals surface area (Å²) < 4.78 is 19.4. The lowest BCUT2D eigenvalue weighted by molar-refractivity contribution is -0.114. The number of rotatable bonds is 7. The molecule has 1 aliphatic heterocycles. The van der Waals surface area contributed by atoms with Gasteiger partial charge in [0.15, 0.2) is 0 Å². The number of hydrogen-bond acceptors (Lipinski definition) is 6. The quantitative estimate of drug-likeness (QED) is 0.426. The molecule has 1 atom stereocenters. The van der Waals surface area contributed by atoms with E-state index in [1.54, 1.807) is 37.3 Å². The summed E-state index contributed by atoms with van der Waals surface area (Å²) in [4.78, 5) is 25.7. The third-order valence-corrected chi connectivity index (χ3v) is 6.26. The highest BCUT2D eigenvalue weighted by molar-refractivity contribution is 8.03. The first kappa shape index (κ1) is 23.9. The standard InChI is InChI=1S/C26H21FN4O3S/c1-16-23(25(33)30-17-8-3-2-4-9-17)24(21-12-7-13-34-21)18(14-28)26(29-16)35-15-22(32)31-20-11-6-5-10-19(20)27/h2-13,24,29H,15H2,1H3,(H,30,33)(H,31,32). The first-order chi connectivity index (χ1) is 17.0. The van der Waals surface area contributed by atoms with E-state index in [-0.39, 0.29) is 22.9 Å². The van der Waals surface area contributed by atoms with Crippen molar-refractivity contribution < 1.29 is 18.4 Å². The van der Waals surface area contributed by atoms with Crippen molar-refractivity contribution >= 4 is 35.0 Å². The number of nitriles is 1. The number of dihydropyridines is 1. The van der Waals surface area contributed by atoms with Gasteiger partial charge in [0, 0.05) is 11.4 Å². The van der Waals surface area contributed by atoms with Crippen molar-refractivity contribution in [1.29, 1.82) is 5.26 Å². The van der Waals surface area contributed by atoms with Gasteiger partial charge in [-0.25, -0.2) is 4.39 Å². The number of amides is 2. The zero-order valence-corrected chi connectivity index (χ0v) is 19.5. The minimum absolute atomic E-state index is 0.0774. The summed E-state index contributed by atoms with van der Waals surface area (Å²) in [5, 5.41) is 18.9. The van der Waals surface area contributed by atoms with Crippen LogP contribution in [0.15, 0.2) is 99.3 Å². The summed E-state index contributed by atoms with van der Waals surface area (Å²) in [7, 11) is 0. The number of hydrogen-bond donors (Lipinski definition) is 3. The van der Waals surface area contributed by atoms with Gasteiger partial charge >= 0.3 is 0 Å². The second kappa shape index (κ2) is 10.8. The fraction of sp³-hybridized carbons (Fsp3) is 0.115. The molecule has 0 radical (unpaired) electrons. The largest absolute Gasteiger partial charge is 0.468 e. The molecule has 0 saturated heterocycles. The number of benzene rings is 2. The van der Waals surface area contributed by atoms with Crippen LogP contribution in [0.4, 0.5) is 15.8 Å². The van der Waals surface area contributed by atoms with Crippen molar-refractivity contribution in [2.75, 3.05) is 16.4 Å². The molecule has 0 saturated carbocycles. The molecule has 0 fully saturated rings. The van der Waals surface area contributed by atoms with Crippen molar-refractivity contribution in [2.24, 2.45) is 0 Å². The van der Waals surface area contributed by atoms with Crippen LogP contribution in [-0.4, -0.2) is 17.6 Å². The summed E-state index contributed by atoms with van der Waals surface area (Å²) in [6, 6.07) is 20.4. The number of carbonyl (C=O) groups is 2. The van der Waals surface area contributed by atoms with Crippen LogP contribution in [0.3, 0.4) is 0 Å². The van der Waals surface area contributed by atoms with E-state index in [2.05, 4.69) is 22.0 Å². The fourth-order valence-corrected chi connectivity index (χ4v) is 4.57. The van der Waals surface area contributed by atoms with Crippen LogP contribution in [0.25, 0.3) is 0 Å². The monoisotopic (exact) mass is 488 g/mol. The topological polar surface area (TPSA) is 107 Å². The van der Waals surface area contributed by atoms with E-state index in [0.717, 1.165) is 11.8 Å². The average molecular weight is 489 g/mol. The molecule has 0 bridgehead atoms. The molecule has 9 heteroatoms. The van der Waals surface area contributed by atoms with Crippen molar-refractivity contribution in [1.82, 2.24) is 5.32 Å². The number of furan rings is 1. The smallest absolute Gasteiger partial charge is 0.254 e. The average Bonchev–Trinajstić information content (AvgIpc) is 3.39. The molecule has 2 aromatic carbocycles. The number of allylic oxidation sites excluding steroid dienone is 2. The number of nitrogens with zero attached hydrogens (tertiary/aromatic N) is 1. The van der Waals surface area contributed by atoms with E-state index in [1.165, 1.54) is 24.5 Å². The third-order valence-electron chi connectivity index (χ3n) is 5.25. The van der Waals surface area contributed by atoms with Crippen LogP contribution < -0.4 is 16.0 Å². The molecule has 176 valence electrons. The number of nitrogens with one attached hydrogen (secondary N) is 3. The molecule has 2 heterocycles. The first-order valence-electron chi connectivity index (χ1n) is 10.7. The molecule has 0 aliphatic carbocycles. The summed E-state index contributed by atoms with van der Waals surface area (Å²) in [5.41, 5.74) is 1.79. The maximum Gasteiger partial charge on any atom is 0.254 e. The Labute approximate surface area is 205 Å². The van der Waals surface area contributed by atoms with Crippen molar-refractivity contribution in [3.05, 3.63) is 106 Å². The Hall–Kier alpha value is -4.29. The van der Waals surface area contributed by atoms with Crippen LogP contribution in [0.5, 0.6) is 0 Å². The van der Waals surface area contributed by atoms with E-state index in [9.17, 15) is 19.2 Å². The number of carbonyl (C=O) groups excluding carboxylic acids is 2. The fourth-order valence-electron chi connectivity index (χ4n) is 3.67. The Bertz CT molecular complexity index is 1340. The molecular weight excluding hydrogens is 467 g/mol. The Balaban J connectivity index is 1.58. The molecule has 1 aromatic heterocycles. The Morgan fingerprint density at radius 2 is 1.83 bits per heavy atom. The van der Waals surface area contributed by atoms with Crippen LogP contribution in [0.1, 0.15) is 18.6 Å². The summed E-state index contributed by atoms with van der Waals surface area (Å²) in [5.74, 6) is -1.77. The van der Waals surface area contributed by atoms with Gasteiger partial charge in [0.25, 0.3) is 5.91 Å². The minimum atomic E-state index is -0.767. The highest BCUT2D eigenvalue weighted by Gasteiger charge is 2.36. The van der Waals surface area contributed by atoms with Crippen LogP contribution in [0, 0.1) is 17.1 Å². The zero-order chi connectivity index (χ0) is 24.8. The SMILES string of the molecule is CC1=C(C(=O)Nc2ccccc2)C(c2ccco2)C(C#N)=C(SCC(=O)Nc2ccccc2F)N1. The number of halogens is 1. The lowest BCUT2D eigenvalue weighted by atomic mass is 9.85. The van der Waals surface area contributed by atoms with Crippen LogP contribution in [0.2, 0.25) is 0 Å². The number of para-hydroxylation sites is 2. The molecule has 35 heavy (non-hydrogen) atoms. The predicted octanol–water partition coefficient (Wildman–Crippen LogP) is 5.13. The molecule has 7 nitrogen and oxygen atoms in total. The van der Waals surface area contributed by atoms with Crippen molar-refractivity contribution in [3.63, 3.8) is 0 Å². The second-order valence-corrected chi connectivity index (χ2v) is 8.59. The molecule has 4 rings (SSSR count). The van der Waals surface area contributed by atoms with Gasteiger partial charge in [-0.15, -0.1) is 0 Å². The molecule has 0 spiro atoms. The lowest BCUT2D eigenvalue weighted by Crippen LogP contribution is -2.31. The molecule has 3 N–H and O–H groups in total. The van der Waals surface area contributed by atoms with Gasteiger partial charge in [-0.05, 0) is 43.3 Å². The maximum absolute atomic E-state index is 13.9. The van der Waals surface area contributed by atoms with Gasteiger partial charge < -0.3 is 20.4 Å². The second-order valence-electron chi connectivity index (χ2n) is 7.60. The Morgan fingerprint density at radius 3 is 2.51 bits per heavy atom. The molecule has 3 aromatic rings. The van der Waals surface area contributed by atoms with Crippen molar-refractivity contribution in [2.45, 2.75) is 12.8 Å².